The van der Waals surface area contributed by atoms with Gasteiger partial charge >= 0.3 is 0 Å². The van der Waals surface area contributed by atoms with Gasteiger partial charge in [0, 0.05) is 32.6 Å². The van der Waals surface area contributed by atoms with Gasteiger partial charge in [-0.2, -0.15) is 0 Å². The molecular weight excluding hydrogens is 382 g/mol. The number of benzene rings is 1. The van der Waals surface area contributed by atoms with Crippen molar-refractivity contribution in [3.05, 3.63) is 46.7 Å². The second-order valence-corrected chi connectivity index (χ2v) is 10.2. The predicted octanol–water partition coefficient (Wildman–Crippen LogP) is 1.75. The third-order valence-electron chi connectivity index (χ3n) is 5.12. The van der Waals surface area contributed by atoms with Crippen LogP contribution in [0.1, 0.15) is 30.7 Å². The van der Waals surface area contributed by atoms with E-state index in [0.717, 1.165) is 23.7 Å². The Kier molecular flexibility index (Phi) is 6.00. The average molecular weight is 409 g/mol. The van der Waals surface area contributed by atoms with Crippen LogP contribution in [0.25, 0.3) is 0 Å². The maximum atomic E-state index is 12.8. The Hall–Kier alpha value is -1.74. The van der Waals surface area contributed by atoms with Gasteiger partial charge in [0.15, 0.2) is 6.04 Å². The van der Waals surface area contributed by atoms with Crippen molar-refractivity contribution in [2.24, 2.45) is 0 Å². The first kappa shape index (κ1) is 20.0. The van der Waals surface area contributed by atoms with Crippen LogP contribution in [-0.2, 0) is 14.8 Å². The number of nitrogens with one attached hydrogen (secondary N) is 2. The molecule has 2 heterocycles. The fraction of sp³-hybridized carbons (Fsp3) is 0.421. The van der Waals surface area contributed by atoms with Crippen molar-refractivity contribution < 1.29 is 18.1 Å². The Morgan fingerprint density at radius 1 is 1.30 bits per heavy atom. The van der Waals surface area contributed by atoms with Crippen LogP contribution in [0.2, 0.25) is 0 Å². The molecule has 2 N–H and O–H groups in total. The number of amides is 1. The highest BCUT2D eigenvalue weighted by Crippen LogP contribution is 2.24. The van der Waals surface area contributed by atoms with Crippen LogP contribution in [0.5, 0.6) is 0 Å². The maximum Gasteiger partial charge on any atom is 0.282 e. The molecule has 1 aliphatic heterocycles. The first-order valence-electron chi connectivity index (χ1n) is 9.03. The monoisotopic (exact) mass is 408 g/mol. The van der Waals surface area contributed by atoms with Crippen LogP contribution in [0, 0.1) is 0 Å². The lowest BCUT2D eigenvalue weighted by molar-refractivity contribution is -0.931. The van der Waals surface area contributed by atoms with Gasteiger partial charge in [0.05, 0.1) is 16.3 Å². The molecule has 8 heteroatoms. The summed E-state index contributed by atoms with van der Waals surface area (Å²) in [5, 5.41) is 4.97. The van der Waals surface area contributed by atoms with Crippen LogP contribution < -0.4 is 10.2 Å². The number of likely N-dealkylation sites (tertiary alicyclic amines) is 1. The molecule has 0 radical (unpaired) electrons. The second-order valence-electron chi connectivity index (χ2n) is 7.06. The van der Waals surface area contributed by atoms with Gasteiger partial charge in [-0.3, -0.25) is 4.79 Å². The molecule has 1 aliphatic rings. The molecule has 2 aromatic rings. The summed E-state index contributed by atoms with van der Waals surface area (Å²) in [6.07, 6.45) is 2.19. The van der Waals surface area contributed by atoms with Crippen LogP contribution in [-0.4, -0.2) is 45.3 Å². The molecule has 3 atom stereocenters. The van der Waals surface area contributed by atoms with Crippen molar-refractivity contribution in [3.63, 3.8) is 0 Å². The molecule has 0 bridgehead atoms. The standard InChI is InChI=1S/C19H25N3O3S2/c1-14(22-11-5-9-17(22)18-10-6-12-26-18)19(23)20-15-7-4-8-16(13-15)27(24,25)21(2)3/h4,6-8,10,12-14,17H,5,9,11H2,1-3H3,(H,20,23)/p+1/t14-,17-/m1/s1. The average Bonchev–Trinajstić information content (AvgIpc) is 3.32. The molecule has 3 rings (SSSR count). The number of nitrogens with zero attached hydrogens (tertiary/aromatic N) is 1. The first-order chi connectivity index (χ1) is 12.8. The maximum absolute atomic E-state index is 12.8. The molecule has 0 saturated carbocycles. The smallest absolute Gasteiger partial charge is 0.282 e. The Morgan fingerprint density at radius 3 is 2.74 bits per heavy atom. The summed E-state index contributed by atoms with van der Waals surface area (Å²) in [5.41, 5.74) is 0.501. The number of sulfonamides is 1. The minimum atomic E-state index is -3.53. The van der Waals surface area contributed by atoms with Gasteiger partial charge in [-0.1, -0.05) is 12.1 Å². The van der Waals surface area contributed by atoms with E-state index in [4.69, 9.17) is 0 Å². The second kappa shape index (κ2) is 8.10. The van der Waals surface area contributed by atoms with E-state index in [0.29, 0.717) is 11.7 Å². The van der Waals surface area contributed by atoms with Gasteiger partial charge in [-0.05, 0) is 36.6 Å². The Bertz CT molecular complexity index is 895. The van der Waals surface area contributed by atoms with E-state index in [9.17, 15) is 13.2 Å². The van der Waals surface area contributed by atoms with E-state index >= 15 is 0 Å². The topological polar surface area (TPSA) is 70.9 Å². The van der Waals surface area contributed by atoms with Crippen LogP contribution in [0.3, 0.4) is 0 Å². The molecule has 0 spiro atoms. The van der Waals surface area contributed by atoms with Crippen molar-refractivity contribution in [2.45, 2.75) is 36.7 Å². The quantitative estimate of drug-likeness (QED) is 0.765. The van der Waals surface area contributed by atoms with Crippen LogP contribution in [0.4, 0.5) is 5.69 Å². The molecule has 1 aromatic carbocycles. The molecule has 1 unspecified atom stereocenters. The SMILES string of the molecule is C[C@H](C(=O)Nc1cccc(S(=O)(=O)N(C)C)c1)[NH+]1CCC[C@@H]1c1cccs1. The zero-order valence-electron chi connectivity index (χ0n) is 15.8. The Labute approximate surface area is 164 Å². The summed E-state index contributed by atoms with van der Waals surface area (Å²) in [6, 6.07) is 10.7. The molecule has 0 aliphatic carbocycles. The van der Waals surface area contributed by atoms with Crippen molar-refractivity contribution >= 4 is 33.0 Å². The summed E-state index contributed by atoms with van der Waals surface area (Å²) in [7, 11) is -0.551. The van der Waals surface area contributed by atoms with E-state index in [-0.39, 0.29) is 16.8 Å². The van der Waals surface area contributed by atoms with Crippen LogP contribution in [0.15, 0.2) is 46.7 Å². The number of hydrogen-bond donors (Lipinski definition) is 2. The highest BCUT2D eigenvalue weighted by atomic mass is 32.2. The van der Waals surface area contributed by atoms with E-state index < -0.39 is 10.0 Å². The number of carbonyl (C=O) groups is 1. The number of thiophene rings is 1. The van der Waals surface area contributed by atoms with Crippen molar-refractivity contribution in [1.82, 2.24) is 4.31 Å². The van der Waals surface area contributed by atoms with Crippen molar-refractivity contribution in [1.29, 1.82) is 0 Å². The molecule has 146 valence electrons. The van der Waals surface area contributed by atoms with Crippen molar-refractivity contribution in [2.75, 3.05) is 26.0 Å². The summed E-state index contributed by atoms with van der Waals surface area (Å²) >= 11 is 1.74. The number of carbonyl (C=O) groups excluding carboxylic acids is 1. The first-order valence-corrected chi connectivity index (χ1v) is 11.3. The zero-order chi connectivity index (χ0) is 19.6. The highest BCUT2D eigenvalue weighted by Gasteiger charge is 2.37. The Morgan fingerprint density at radius 2 is 2.07 bits per heavy atom. The predicted molar refractivity (Wildman–Crippen MR) is 108 cm³/mol. The van der Waals surface area contributed by atoms with E-state index in [1.54, 1.807) is 23.5 Å². The van der Waals surface area contributed by atoms with Gasteiger partial charge in [0.2, 0.25) is 10.0 Å². The highest BCUT2D eigenvalue weighted by molar-refractivity contribution is 7.89. The van der Waals surface area contributed by atoms with Gasteiger partial charge in [-0.15, -0.1) is 11.3 Å². The third kappa shape index (κ3) is 4.24. The lowest BCUT2D eigenvalue weighted by atomic mass is 10.1. The summed E-state index contributed by atoms with van der Waals surface area (Å²) in [4.78, 5) is 15.6. The summed E-state index contributed by atoms with van der Waals surface area (Å²) < 4.78 is 25.8. The molecule has 27 heavy (non-hydrogen) atoms. The van der Waals surface area contributed by atoms with Gasteiger partial charge in [0.1, 0.15) is 6.04 Å². The lowest BCUT2D eigenvalue weighted by Gasteiger charge is -2.26. The number of quaternary nitrogens is 1. The number of hydrogen-bond acceptors (Lipinski definition) is 4. The van der Waals surface area contributed by atoms with E-state index in [2.05, 4.69) is 22.8 Å². The van der Waals surface area contributed by atoms with Gasteiger partial charge in [0.25, 0.3) is 5.91 Å². The molecule has 1 fully saturated rings. The fourth-order valence-electron chi connectivity index (χ4n) is 3.57. The summed E-state index contributed by atoms with van der Waals surface area (Å²) in [5.74, 6) is -0.0899. The van der Waals surface area contributed by atoms with Gasteiger partial charge < -0.3 is 10.2 Å². The lowest BCUT2D eigenvalue weighted by Crippen LogP contribution is -3.15. The fourth-order valence-corrected chi connectivity index (χ4v) is 5.42. The normalized spacial score (nSPS) is 21.3. The zero-order valence-corrected chi connectivity index (χ0v) is 17.4. The number of rotatable bonds is 6. The minimum absolute atomic E-state index is 0.0899. The van der Waals surface area contributed by atoms with E-state index in [1.807, 2.05) is 6.92 Å². The molecule has 6 nitrogen and oxygen atoms in total. The Balaban J connectivity index is 1.74. The van der Waals surface area contributed by atoms with Crippen LogP contribution >= 0.6 is 11.3 Å². The molecule has 1 saturated heterocycles. The molecule has 1 amide bonds. The van der Waals surface area contributed by atoms with E-state index in [1.165, 1.54) is 36.0 Å². The van der Waals surface area contributed by atoms with Crippen molar-refractivity contribution in [3.8, 4) is 0 Å². The third-order valence-corrected chi connectivity index (χ3v) is 7.92. The molecular formula is C19H26N3O3S2+. The molecule has 1 aromatic heterocycles. The van der Waals surface area contributed by atoms with Gasteiger partial charge in [-0.25, -0.2) is 12.7 Å². The number of anilines is 1. The summed E-state index contributed by atoms with van der Waals surface area (Å²) in [6.45, 7) is 2.91. The largest absolute Gasteiger partial charge is 0.321 e. The minimum Gasteiger partial charge on any atom is -0.321 e.